The SMILES string of the molecule is CCC1CCC(O)(Cc2ccc(Br)cc2)C1. The number of halogens is 1. The second kappa shape index (κ2) is 4.89. The van der Waals surface area contributed by atoms with Crippen molar-refractivity contribution >= 4 is 15.9 Å². The van der Waals surface area contributed by atoms with Crippen LogP contribution in [0.4, 0.5) is 0 Å². The van der Waals surface area contributed by atoms with E-state index < -0.39 is 5.60 Å². The van der Waals surface area contributed by atoms with Crippen LogP contribution in [0.1, 0.15) is 38.2 Å². The zero-order chi connectivity index (χ0) is 11.6. The average molecular weight is 283 g/mol. The molecule has 0 saturated heterocycles. The van der Waals surface area contributed by atoms with Crippen LogP contribution in [0.25, 0.3) is 0 Å². The van der Waals surface area contributed by atoms with E-state index in [-0.39, 0.29) is 0 Å². The van der Waals surface area contributed by atoms with Crippen LogP contribution in [0.15, 0.2) is 28.7 Å². The van der Waals surface area contributed by atoms with Gasteiger partial charge in [0.25, 0.3) is 0 Å². The van der Waals surface area contributed by atoms with E-state index in [1.165, 1.54) is 18.4 Å². The number of hydrogen-bond acceptors (Lipinski definition) is 1. The highest BCUT2D eigenvalue weighted by Crippen LogP contribution is 2.38. The highest BCUT2D eigenvalue weighted by atomic mass is 79.9. The van der Waals surface area contributed by atoms with Gasteiger partial charge < -0.3 is 5.11 Å². The first-order chi connectivity index (χ1) is 7.61. The van der Waals surface area contributed by atoms with E-state index in [2.05, 4.69) is 35.0 Å². The number of hydrogen-bond donors (Lipinski definition) is 1. The maximum atomic E-state index is 10.5. The van der Waals surface area contributed by atoms with Crippen LogP contribution < -0.4 is 0 Å². The Labute approximate surface area is 106 Å². The van der Waals surface area contributed by atoms with Crippen molar-refractivity contribution < 1.29 is 5.11 Å². The lowest BCUT2D eigenvalue weighted by Crippen LogP contribution is -2.27. The van der Waals surface area contributed by atoms with Crippen LogP contribution in [-0.2, 0) is 6.42 Å². The van der Waals surface area contributed by atoms with Gasteiger partial charge in [0, 0.05) is 10.9 Å². The first kappa shape index (κ1) is 12.1. The van der Waals surface area contributed by atoms with Crippen LogP contribution in [-0.4, -0.2) is 10.7 Å². The largest absolute Gasteiger partial charge is 0.390 e. The normalized spacial score (nSPS) is 29.6. The summed E-state index contributed by atoms with van der Waals surface area (Å²) in [5.74, 6) is 0.723. The van der Waals surface area contributed by atoms with Crippen molar-refractivity contribution in [1.29, 1.82) is 0 Å². The summed E-state index contributed by atoms with van der Waals surface area (Å²) in [4.78, 5) is 0. The molecule has 16 heavy (non-hydrogen) atoms. The van der Waals surface area contributed by atoms with Gasteiger partial charge in [0.1, 0.15) is 0 Å². The summed E-state index contributed by atoms with van der Waals surface area (Å²) in [7, 11) is 0. The molecule has 2 atom stereocenters. The summed E-state index contributed by atoms with van der Waals surface area (Å²) in [5, 5.41) is 10.5. The molecule has 0 radical (unpaired) electrons. The number of rotatable bonds is 3. The summed E-state index contributed by atoms with van der Waals surface area (Å²) < 4.78 is 1.10. The predicted molar refractivity (Wildman–Crippen MR) is 70.4 cm³/mol. The Hall–Kier alpha value is -0.340. The van der Waals surface area contributed by atoms with Gasteiger partial charge in [-0.15, -0.1) is 0 Å². The molecule has 0 aliphatic heterocycles. The van der Waals surface area contributed by atoms with E-state index in [1.807, 2.05) is 12.1 Å². The molecule has 2 unspecified atom stereocenters. The second-order valence-corrected chi connectivity index (χ2v) is 5.96. The maximum Gasteiger partial charge on any atom is 0.0690 e. The molecular weight excluding hydrogens is 264 g/mol. The average Bonchev–Trinajstić information content (AvgIpc) is 2.64. The Bertz CT molecular complexity index is 346. The summed E-state index contributed by atoms with van der Waals surface area (Å²) in [6, 6.07) is 8.29. The fourth-order valence-corrected chi connectivity index (χ4v) is 2.97. The van der Waals surface area contributed by atoms with Gasteiger partial charge in [0.05, 0.1) is 5.60 Å². The van der Waals surface area contributed by atoms with Gasteiger partial charge in [-0.1, -0.05) is 41.4 Å². The lowest BCUT2D eigenvalue weighted by Gasteiger charge is -2.23. The minimum Gasteiger partial charge on any atom is -0.390 e. The Balaban J connectivity index is 2.01. The van der Waals surface area contributed by atoms with Gasteiger partial charge in [-0.25, -0.2) is 0 Å². The minimum atomic E-state index is -0.450. The molecule has 0 heterocycles. The van der Waals surface area contributed by atoms with Crippen molar-refractivity contribution in [3.05, 3.63) is 34.3 Å². The van der Waals surface area contributed by atoms with Gasteiger partial charge in [-0.2, -0.15) is 0 Å². The van der Waals surface area contributed by atoms with Crippen LogP contribution in [0.2, 0.25) is 0 Å². The fraction of sp³-hybridized carbons (Fsp3) is 0.571. The lowest BCUT2D eigenvalue weighted by molar-refractivity contribution is 0.0437. The number of aliphatic hydroxyl groups is 1. The molecular formula is C14H19BrO. The molecule has 1 aromatic rings. The quantitative estimate of drug-likeness (QED) is 0.891. The van der Waals surface area contributed by atoms with Crippen LogP contribution >= 0.6 is 15.9 Å². The van der Waals surface area contributed by atoms with Crippen molar-refractivity contribution in [3.8, 4) is 0 Å². The molecule has 1 saturated carbocycles. The minimum absolute atomic E-state index is 0.450. The number of benzene rings is 1. The Kier molecular flexibility index (Phi) is 3.70. The summed E-state index contributed by atoms with van der Waals surface area (Å²) in [6.07, 6.45) is 5.12. The Morgan fingerprint density at radius 1 is 1.38 bits per heavy atom. The third kappa shape index (κ3) is 2.86. The van der Waals surface area contributed by atoms with Gasteiger partial charge in [0.15, 0.2) is 0 Å². The molecule has 0 bridgehead atoms. The zero-order valence-electron chi connectivity index (χ0n) is 9.75. The predicted octanol–water partition coefficient (Wildman–Crippen LogP) is 3.93. The lowest BCUT2D eigenvalue weighted by atomic mass is 9.91. The van der Waals surface area contributed by atoms with E-state index in [0.717, 1.165) is 29.7 Å². The van der Waals surface area contributed by atoms with Crippen molar-refractivity contribution in [2.24, 2.45) is 5.92 Å². The molecule has 88 valence electrons. The highest BCUT2D eigenvalue weighted by Gasteiger charge is 2.36. The summed E-state index contributed by atoms with van der Waals surface area (Å²) >= 11 is 3.43. The molecule has 0 aromatic heterocycles. The van der Waals surface area contributed by atoms with E-state index in [9.17, 15) is 5.11 Å². The Morgan fingerprint density at radius 2 is 2.06 bits per heavy atom. The van der Waals surface area contributed by atoms with E-state index in [4.69, 9.17) is 0 Å². The third-order valence-electron chi connectivity index (χ3n) is 3.71. The van der Waals surface area contributed by atoms with E-state index in [1.54, 1.807) is 0 Å². The van der Waals surface area contributed by atoms with Crippen LogP contribution in [0.5, 0.6) is 0 Å². The molecule has 1 aliphatic carbocycles. The van der Waals surface area contributed by atoms with Gasteiger partial charge in [-0.05, 0) is 42.9 Å². The topological polar surface area (TPSA) is 20.2 Å². The first-order valence-corrected chi connectivity index (χ1v) is 6.87. The van der Waals surface area contributed by atoms with Crippen LogP contribution in [0, 0.1) is 5.92 Å². The smallest absolute Gasteiger partial charge is 0.0690 e. The second-order valence-electron chi connectivity index (χ2n) is 5.04. The molecule has 2 heteroatoms. The Morgan fingerprint density at radius 3 is 2.62 bits per heavy atom. The van der Waals surface area contributed by atoms with Crippen molar-refractivity contribution in [3.63, 3.8) is 0 Å². The van der Waals surface area contributed by atoms with E-state index in [0.29, 0.717) is 0 Å². The first-order valence-electron chi connectivity index (χ1n) is 6.08. The monoisotopic (exact) mass is 282 g/mol. The molecule has 0 amide bonds. The fourth-order valence-electron chi connectivity index (χ4n) is 2.71. The van der Waals surface area contributed by atoms with Crippen LogP contribution in [0.3, 0.4) is 0 Å². The van der Waals surface area contributed by atoms with Crippen molar-refractivity contribution in [2.75, 3.05) is 0 Å². The zero-order valence-corrected chi connectivity index (χ0v) is 11.3. The van der Waals surface area contributed by atoms with Gasteiger partial charge >= 0.3 is 0 Å². The molecule has 2 rings (SSSR count). The maximum absolute atomic E-state index is 10.5. The van der Waals surface area contributed by atoms with Crippen molar-refractivity contribution in [2.45, 2.75) is 44.6 Å². The summed E-state index contributed by atoms with van der Waals surface area (Å²) in [6.45, 7) is 2.22. The van der Waals surface area contributed by atoms with E-state index >= 15 is 0 Å². The summed E-state index contributed by atoms with van der Waals surface area (Å²) in [5.41, 5.74) is 0.788. The molecule has 1 aliphatic rings. The molecule has 0 spiro atoms. The standard InChI is InChI=1S/C14H19BrO/c1-2-11-7-8-14(16,9-11)10-12-3-5-13(15)6-4-12/h3-6,11,16H,2,7-10H2,1H3. The molecule has 1 N–H and O–H groups in total. The third-order valence-corrected chi connectivity index (χ3v) is 4.24. The highest BCUT2D eigenvalue weighted by molar-refractivity contribution is 9.10. The molecule has 1 aromatic carbocycles. The van der Waals surface area contributed by atoms with Crippen molar-refractivity contribution in [1.82, 2.24) is 0 Å². The van der Waals surface area contributed by atoms with Gasteiger partial charge in [-0.3, -0.25) is 0 Å². The van der Waals surface area contributed by atoms with Gasteiger partial charge in [0.2, 0.25) is 0 Å². The molecule has 1 fully saturated rings. The molecule has 1 nitrogen and oxygen atoms in total.